The van der Waals surface area contributed by atoms with Crippen molar-refractivity contribution in [3.8, 4) is 0 Å². The molecule has 7 heteroatoms. The first-order valence-corrected chi connectivity index (χ1v) is 5.44. The molecule has 0 heterocycles. The second-order valence-electron chi connectivity index (χ2n) is 3.40. The fraction of sp³-hybridized carbons (Fsp3) is 0.364. The maximum Gasteiger partial charge on any atom is 0.338 e. The van der Waals surface area contributed by atoms with Gasteiger partial charge in [-0.05, 0) is 19.1 Å². The van der Waals surface area contributed by atoms with Gasteiger partial charge in [0.15, 0.2) is 6.10 Å². The second kappa shape index (κ2) is 6.08. The Labute approximate surface area is 107 Å². The maximum atomic E-state index is 13.4. The fourth-order valence-electron chi connectivity index (χ4n) is 1.33. The molecular formula is C11H11ClF2O4. The van der Waals surface area contributed by atoms with Gasteiger partial charge in [0.1, 0.15) is 17.7 Å². The summed E-state index contributed by atoms with van der Waals surface area (Å²) < 4.78 is 31.0. The monoisotopic (exact) mass is 280 g/mol. The summed E-state index contributed by atoms with van der Waals surface area (Å²) in [5.41, 5.74) is -0.683. The third kappa shape index (κ3) is 2.95. The van der Waals surface area contributed by atoms with Gasteiger partial charge >= 0.3 is 5.97 Å². The Morgan fingerprint density at radius 3 is 2.50 bits per heavy atom. The summed E-state index contributed by atoms with van der Waals surface area (Å²) in [5.74, 6) is -3.15. The van der Waals surface area contributed by atoms with Crippen LogP contribution in [0.1, 0.15) is 18.6 Å². The third-order valence-corrected chi connectivity index (χ3v) is 2.59. The van der Waals surface area contributed by atoms with Crippen molar-refractivity contribution in [1.29, 1.82) is 0 Å². The molecule has 100 valence electrons. The molecule has 2 N–H and O–H groups in total. The van der Waals surface area contributed by atoms with Crippen LogP contribution in [-0.2, 0) is 9.53 Å². The number of rotatable bonds is 4. The standard InChI is InChI=1S/C11H11ClF2O4/c1-2-18-11(17)10(16)9(15)7-5(13)3-4-6(14)8(7)12/h3-4,9-10,15-16H,2H2,1H3. The van der Waals surface area contributed by atoms with E-state index in [0.717, 1.165) is 12.1 Å². The van der Waals surface area contributed by atoms with Crippen molar-refractivity contribution in [1.82, 2.24) is 0 Å². The molecule has 1 aromatic rings. The Bertz CT molecular complexity index is 453. The lowest BCUT2D eigenvalue weighted by atomic mass is 10.0. The molecule has 0 aliphatic carbocycles. The number of aliphatic hydroxyl groups excluding tert-OH is 2. The second-order valence-corrected chi connectivity index (χ2v) is 3.78. The van der Waals surface area contributed by atoms with Crippen molar-refractivity contribution in [2.45, 2.75) is 19.1 Å². The first-order valence-electron chi connectivity index (χ1n) is 5.06. The van der Waals surface area contributed by atoms with E-state index in [2.05, 4.69) is 4.74 Å². The molecular weight excluding hydrogens is 270 g/mol. The van der Waals surface area contributed by atoms with E-state index in [0.29, 0.717) is 0 Å². The Balaban J connectivity index is 3.07. The van der Waals surface area contributed by atoms with Crippen LogP contribution in [0, 0.1) is 11.6 Å². The van der Waals surface area contributed by atoms with E-state index in [1.54, 1.807) is 0 Å². The average molecular weight is 281 g/mol. The van der Waals surface area contributed by atoms with E-state index in [4.69, 9.17) is 11.6 Å². The van der Waals surface area contributed by atoms with Crippen LogP contribution in [0.4, 0.5) is 8.78 Å². The van der Waals surface area contributed by atoms with Crippen molar-refractivity contribution in [3.05, 3.63) is 34.4 Å². The zero-order valence-electron chi connectivity index (χ0n) is 9.36. The number of benzene rings is 1. The summed E-state index contributed by atoms with van der Waals surface area (Å²) in [4.78, 5) is 11.2. The molecule has 1 aromatic carbocycles. The molecule has 0 aromatic heterocycles. The predicted molar refractivity (Wildman–Crippen MR) is 59.0 cm³/mol. The van der Waals surface area contributed by atoms with Gasteiger partial charge in [0.2, 0.25) is 0 Å². The molecule has 0 fully saturated rings. The molecule has 0 aliphatic rings. The quantitative estimate of drug-likeness (QED) is 0.649. The molecule has 0 spiro atoms. The highest BCUT2D eigenvalue weighted by molar-refractivity contribution is 6.31. The maximum absolute atomic E-state index is 13.4. The number of hydrogen-bond acceptors (Lipinski definition) is 4. The number of hydrogen-bond donors (Lipinski definition) is 2. The topological polar surface area (TPSA) is 66.8 Å². The zero-order chi connectivity index (χ0) is 13.9. The van der Waals surface area contributed by atoms with Crippen LogP contribution in [0.15, 0.2) is 12.1 Å². The lowest BCUT2D eigenvalue weighted by Crippen LogP contribution is -2.30. The highest BCUT2D eigenvalue weighted by Crippen LogP contribution is 2.30. The van der Waals surface area contributed by atoms with E-state index in [-0.39, 0.29) is 6.61 Å². The number of halogens is 3. The van der Waals surface area contributed by atoms with Crippen molar-refractivity contribution in [2.75, 3.05) is 6.61 Å². The molecule has 0 saturated heterocycles. The molecule has 0 bridgehead atoms. The minimum atomic E-state index is -2.04. The normalized spacial score (nSPS) is 14.1. The summed E-state index contributed by atoms with van der Waals surface area (Å²) in [6, 6.07) is 1.50. The van der Waals surface area contributed by atoms with Crippen LogP contribution in [0.5, 0.6) is 0 Å². The van der Waals surface area contributed by atoms with Crippen LogP contribution in [0.2, 0.25) is 5.02 Å². The van der Waals surface area contributed by atoms with Gasteiger partial charge in [-0.1, -0.05) is 11.6 Å². The molecule has 18 heavy (non-hydrogen) atoms. The van der Waals surface area contributed by atoms with Crippen molar-refractivity contribution < 1.29 is 28.5 Å². The van der Waals surface area contributed by atoms with Gasteiger partial charge in [0.05, 0.1) is 11.6 Å². The van der Waals surface area contributed by atoms with Crippen molar-refractivity contribution >= 4 is 17.6 Å². The Morgan fingerprint density at radius 1 is 1.39 bits per heavy atom. The molecule has 1 rings (SSSR count). The number of ether oxygens (including phenoxy) is 1. The first-order chi connectivity index (χ1) is 8.40. The lowest BCUT2D eigenvalue weighted by molar-refractivity contribution is -0.159. The molecule has 4 nitrogen and oxygen atoms in total. The molecule has 2 atom stereocenters. The van der Waals surface area contributed by atoms with Gasteiger partial charge in [-0.25, -0.2) is 13.6 Å². The molecule has 0 saturated carbocycles. The van der Waals surface area contributed by atoms with Crippen LogP contribution < -0.4 is 0 Å². The van der Waals surface area contributed by atoms with Gasteiger partial charge in [0, 0.05) is 5.56 Å². The van der Waals surface area contributed by atoms with Crippen LogP contribution in [0.3, 0.4) is 0 Å². The number of carbonyl (C=O) groups excluding carboxylic acids is 1. The van der Waals surface area contributed by atoms with E-state index in [1.165, 1.54) is 6.92 Å². The van der Waals surface area contributed by atoms with E-state index < -0.39 is 40.4 Å². The SMILES string of the molecule is CCOC(=O)C(O)C(O)c1c(F)ccc(F)c1Cl. The fourth-order valence-corrected chi connectivity index (χ4v) is 1.59. The van der Waals surface area contributed by atoms with Crippen molar-refractivity contribution in [3.63, 3.8) is 0 Å². The van der Waals surface area contributed by atoms with E-state index in [9.17, 15) is 23.8 Å². The minimum Gasteiger partial charge on any atom is -0.464 e. The largest absolute Gasteiger partial charge is 0.464 e. The van der Waals surface area contributed by atoms with E-state index in [1.807, 2.05) is 0 Å². The molecule has 0 amide bonds. The Kier molecular flexibility index (Phi) is 5.01. The first kappa shape index (κ1) is 14.8. The van der Waals surface area contributed by atoms with Gasteiger partial charge in [-0.2, -0.15) is 0 Å². The third-order valence-electron chi connectivity index (χ3n) is 2.20. The Morgan fingerprint density at radius 2 is 1.94 bits per heavy atom. The van der Waals surface area contributed by atoms with Crippen molar-refractivity contribution in [2.24, 2.45) is 0 Å². The summed E-state index contributed by atoms with van der Waals surface area (Å²) in [7, 11) is 0. The molecule has 0 radical (unpaired) electrons. The van der Waals surface area contributed by atoms with Crippen LogP contribution in [0.25, 0.3) is 0 Å². The molecule has 0 aliphatic heterocycles. The summed E-state index contributed by atoms with van der Waals surface area (Å²) in [6.45, 7) is 1.47. The van der Waals surface area contributed by atoms with Gasteiger partial charge in [-0.15, -0.1) is 0 Å². The van der Waals surface area contributed by atoms with Crippen LogP contribution >= 0.6 is 11.6 Å². The number of carbonyl (C=O) groups is 1. The summed E-state index contributed by atoms with van der Waals surface area (Å²) in [5, 5.41) is 18.4. The average Bonchev–Trinajstić information content (AvgIpc) is 2.33. The number of aliphatic hydroxyl groups is 2. The van der Waals surface area contributed by atoms with Crippen LogP contribution in [-0.4, -0.2) is 28.9 Å². The number of esters is 1. The summed E-state index contributed by atoms with van der Waals surface area (Å²) in [6.07, 6.45) is -4.05. The van der Waals surface area contributed by atoms with Gasteiger partial charge in [-0.3, -0.25) is 0 Å². The Hall–Kier alpha value is -1.24. The predicted octanol–water partition coefficient (Wildman–Crippen LogP) is 1.58. The summed E-state index contributed by atoms with van der Waals surface area (Å²) >= 11 is 5.48. The van der Waals surface area contributed by atoms with Gasteiger partial charge < -0.3 is 14.9 Å². The smallest absolute Gasteiger partial charge is 0.338 e. The lowest BCUT2D eigenvalue weighted by Gasteiger charge is -2.18. The highest BCUT2D eigenvalue weighted by Gasteiger charge is 2.31. The minimum absolute atomic E-state index is 0.0258. The van der Waals surface area contributed by atoms with E-state index >= 15 is 0 Å². The zero-order valence-corrected chi connectivity index (χ0v) is 10.1. The molecule has 2 unspecified atom stereocenters. The highest BCUT2D eigenvalue weighted by atomic mass is 35.5. The van der Waals surface area contributed by atoms with Gasteiger partial charge in [0.25, 0.3) is 0 Å².